The van der Waals surface area contributed by atoms with Gasteiger partial charge in [0, 0.05) is 17.0 Å². The third-order valence-corrected chi connectivity index (χ3v) is 6.77. The molecule has 2 aromatic carbocycles. The number of hydrogen-bond donors (Lipinski definition) is 0. The monoisotopic (exact) mass is 530 g/mol. The fourth-order valence-corrected chi connectivity index (χ4v) is 5.25. The summed E-state index contributed by atoms with van der Waals surface area (Å²) in [5, 5.41) is 0.893. The molecule has 10 heteroatoms. The molecule has 0 spiro atoms. The summed E-state index contributed by atoms with van der Waals surface area (Å²) < 4.78 is 12.3. The lowest BCUT2D eigenvalue weighted by atomic mass is 9.96. The number of aromatic nitrogens is 1. The van der Waals surface area contributed by atoms with Crippen LogP contribution in [-0.4, -0.2) is 23.1 Å². The smallest absolute Gasteiger partial charge is 0.338 e. The fourth-order valence-electron chi connectivity index (χ4n) is 3.75. The predicted molar refractivity (Wildman–Crippen MR) is 135 cm³/mol. The first kappa shape index (κ1) is 24.9. The molecule has 1 aromatic heterocycles. The minimum Gasteiger partial charge on any atom is -0.463 e. The number of esters is 2. The Morgan fingerprint density at radius 3 is 2.51 bits per heavy atom. The second-order valence-corrected chi connectivity index (χ2v) is 9.48. The number of nitrogens with zero attached hydrogens (tertiary/aromatic N) is 2. The largest absolute Gasteiger partial charge is 0.463 e. The summed E-state index contributed by atoms with van der Waals surface area (Å²) in [6, 6.07) is 10.9. The van der Waals surface area contributed by atoms with Gasteiger partial charge in [-0.05, 0) is 55.3 Å². The van der Waals surface area contributed by atoms with Gasteiger partial charge in [0.25, 0.3) is 5.56 Å². The summed E-state index contributed by atoms with van der Waals surface area (Å²) in [4.78, 5) is 42.8. The van der Waals surface area contributed by atoms with E-state index in [9.17, 15) is 14.4 Å². The molecular weight excluding hydrogens is 511 g/mol. The maximum atomic E-state index is 13.6. The van der Waals surface area contributed by atoms with Gasteiger partial charge in [0.05, 0.1) is 28.5 Å². The number of benzene rings is 2. The average Bonchev–Trinajstić information content (AvgIpc) is 3.09. The molecule has 7 nitrogen and oxygen atoms in total. The molecule has 4 rings (SSSR count). The lowest BCUT2D eigenvalue weighted by Gasteiger charge is -2.24. The summed E-state index contributed by atoms with van der Waals surface area (Å²) in [5.74, 6) is -0.656. The molecule has 0 fully saturated rings. The van der Waals surface area contributed by atoms with Crippen molar-refractivity contribution in [1.29, 1.82) is 0 Å². The highest BCUT2D eigenvalue weighted by atomic mass is 35.5. The van der Waals surface area contributed by atoms with Crippen molar-refractivity contribution >= 4 is 52.6 Å². The molecule has 0 saturated carbocycles. The second kappa shape index (κ2) is 10.2. The normalized spacial score (nSPS) is 15.5. The molecule has 0 aliphatic carbocycles. The molecule has 0 N–H and O–H groups in total. The van der Waals surface area contributed by atoms with Gasteiger partial charge in [-0.15, -0.1) is 0 Å². The maximum absolute atomic E-state index is 13.6. The quantitative estimate of drug-likeness (QED) is 0.367. The Labute approximate surface area is 214 Å². The number of hydrogen-bond acceptors (Lipinski definition) is 7. The minimum absolute atomic E-state index is 0.174. The van der Waals surface area contributed by atoms with E-state index in [0.717, 1.165) is 0 Å². The second-order valence-electron chi connectivity index (χ2n) is 7.63. The summed E-state index contributed by atoms with van der Waals surface area (Å²) in [6.07, 6.45) is 1.67. The highest BCUT2D eigenvalue weighted by molar-refractivity contribution is 7.07. The zero-order valence-electron chi connectivity index (χ0n) is 19.0. The number of carbonyl (C=O) groups is 2. The molecule has 1 atom stereocenters. The van der Waals surface area contributed by atoms with Crippen molar-refractivity contribution in [3.8, 4) is 5.75 Å². The zero-order valence-corrected chi connectivity index (χ0v) is 21.3. The minimum atomic E-state index is -0.778. The van der Waals surface area contributed by atoms with E-state index in [0.29, 0.717) is 42.0 Å². The number of carbonyl (C=O) groups excluding carboxylic acids is 2. The van der Waals surface area contributed by atoms with Crippen LogP contribution in [-0.2, 0) is 14.3 Å². The third kappa shape index (κ3) is 5.10. The van der Waals surface area contributed by atoms with Gasteiger partial charge in [-0.25, -0.2) is 9.79 Å². The molecule has 35 heavy (non-hydrogen) atoms. The van der Waals surface area contributed by atoms with Crippen molar-refractivity contribution in [1.82, 2.24) is 4.57 Å². The van der Waals surface area contributed by atoms with Gasteiger partial charge in [0.15, 0.2) is 4.80 Å². The topological polar surface area (TPSA) is 87.0 Å². The molecule has 1 aliphatic rings. The lowest BCUT2D eigenvalue weighted by molar-refractivity contribution is -0.139. The number of rotatable bonds is 5. The number of ether oxygens (including phenoxy) is 2. The van der Waals surface area contributed by atoms with Gasteiger partial charge < -0.3 is 9.47 Å². The van der Waals surface area contributed by atoms with Crippen LogP contribution in [0.2, 0.25) is 10.0 Å². The number of fused-ring (bicyclic) bond motifs is 1. The van der Waals surface area contributed by atoms with E-state index in [-0.39, 0.29) is 17.7 Å². The summed E-state index contributed by atoms with van der Waals surface area (Å²) >= 11 is 13.5. The van der Waals surface area contributed by atoms with Crippen molar-refractivity contribution in [2.75, 3.05) is 6.61 Å². The number of thiazole rings is 1. The Morgan fingerprint density at radius 1 is 1.17 bits per heavy atom. The van der Waals surface area contributed by atoms with E-state index in [2.05, 4.69) is 4.99 Å². The summed E-state index contributed by atoms with van der Waals surface area (Å²) in [5.41, 5.74) is 1.65. The van der Waals surface area contributed by atoms with Crippen molar-refractivity contribution in [2.24, 2.45) is 4.99 Å². The highest BCUT2D eigenvalue weighted by Crippen LogP contribution is 2.31. The van der Waals surface area contributed by atoms with Gasteiger partial charge >= 0.3 is 11.9 Å². The van der Waals surface area contributed by atoms with Crippen LogP contribution in [0.4, 0.5) is 0 Å². The van der Waals surface area contributed by atoms with Gasteiger partial charge in [-0.1, -0.05) is 52.7 Å². The van der Waals surface area contributed by atoms with E-state index >= 15 is 0 Å². The standard InChI is InChI=1S/C25H20Cl2N2O5S/c1-4-33-24(32)21-13(2)28-25-29(22(21)15-6-9-18(10-7-15)34-14(3)30)23(31)20(35-25)11-16-5-8-17(26)12-19(16)27/h5-12,22H,4H2,1-3H3/b20-11-. The van der Waals surface area contributed by atoms with Crippen LogP contribution in [0.3, 0.4) is 0 Å². The van der Waals surface area contributed by atoms with Crippen molar-refractivity contribution in [2.45, 2.75) is 26.8 Å². The summed E-state index contributed by atoms with van der Waals surface area (Å²) in [7, 11) is 0. The van der Waals surface area contributed by atoms with E-state index in [4.69, 9.17) is 32.7 Å². The van der Waals surface area contributed by atoms with Gasteiger partial charge in [-0.3, -0.25) is 14.2 Å². The zero-order chi connectivity index (χ0) is 25.3. The van der Waals surface area contributed by atoms with E-state index in [1.165, 1.54) is 22.8 Å². The SMILES string of the molecule is CCOC(=O)C1=C(C)N=c2s/c(=C\c3ccc(Cl)cc3Cl)c(=O)n2C1c1ccc(OC(C)=O)cc1. The van der Waals surface area contributed by atoms with Crippen molar-refractivity contribution in [3.63, 3.8) is 0 Å². The molecule has 180 valence electrons. The lowest BCUT2D eigenvalue weighted by Crippen LogP contribution is -2.39. The van der Waals surface area contributed by atoms with Crippen LogP contribution in [0.25, 0.3) is 6.08 Å². The van der Waals surface area contributed by atoms with Crippen LogP contribution in [0, 0.1) is 0 Å². The molecule has 1 unspecified atom stereocenters. The van der Waals surface area contributed by atoms with Gasteiger partial charge in [0.1, 0.15) is 5.75 Å². The van der Waals surface area contributed by atoms with E-state index < -0.39 is 18.0 Å². The van der Waals surface area contributed by atoms with Gasteiger partial charge in [0.2, 0.25) is 0 Å². The first-order valence-electron chi connectivity index (χ1n) is 10.6. The Hall–Kier alpha value is -3.20. The predicted octanol–water partition coefficient (Wildman–Crippen LogP) is 4.03. The van der Waals surface area contributed by atoms with E-state index in [1.807, 2.05) is 0 Å². The van der Waals surface area contributed by atoms with Crippen LogP contribution >= 0.6 is 34.5 Å². The molecule has 0 bridgehead atoms. The maximum Gasteiger partial charge on any atom is 0.338 e. The molecule has 2 heterocycles. The summed E-state index contributed by atoms with van der Waals surface area (Å²) in [6.45, 7) is 4.90. The van der Waals surface area contributed by atoms with Crippen LogP contribution < -0.4 is 19.6 Å². The van der Waals surface area contributed by atoms with E-state index in [1.54, 1.807) is 62.4 Å². The third-order valence-electron chi connectivity index (χ3n) is 5.22. The molecule has 0 amide bonds. The van der Waals surface area contributed by atoms with Crippen molar-refractivity contribution in [3.05, 3.63) is 94.6 Å². The van der Waals surface area contributed by atoms with Gasteiger partial charge in [-0.2, -0.15) is 0 Å². The fraction of sp³-hybridized carbons (Fsp3) is 0.200. The molecule has 3 aromatic rings. The molecular formula is C25H20Cl2N2O5S. The Bertz CT molecular complexity index is 1540. The first-order chi connectivity index (χ1) is 16.7. The first-order valence-corrected chi connectivity index (χ1v) is 12.2. The molecule has 1 aliphatic heterocycles. The molecule has 0 radical (unpaired) electrons. The Kier molecular flexibility index (Phi) is 7.25. The number of halogens is 2. The Morgan fingerprint density at radius 2 is 1.89 bits per heavy atom. The van der Waals surface area contributed by atoms with Crippen LogP contribution in [0.1, 0.15) is 37.9 Å². The average molecular weight is 531 g/mol. The number of allylic oxidation sites excluding steroid dienone is 1. The van der Waals surface area contributed by atoms with Crippen molar-refractivity contribution < 1.29 is 19.1 Å². The van der Waals surface area contributed by atoms with Crippen LogP contribution in [0.15, 0.2) is 63.5 Å². The Balaban J connectivity index is 1.91. The molecule has 0 saturated heterocycles. The van der Waals surface area contributed by atoms with Crippen LogP contribution in [0.5, 0.6) is 5.75 Å². The highest BCUT2D eigenvalue weighted by Gasteiger charge is 2.33.